The second kappa shape index (κ2) is 7.37. The fourth-order valence-electron chi connectivity index (χ4n) is 2.01. The molecular formula is C19H34O2Si2. The molecule has 0 fully saturated rings. The highest BCUT2D eigenvalue weighted by molar-refractivity contribution is 6.74. The predicted octanol–water partition coefficient (Wildman–Crippen LogP) is 6.50. The molecule has 0 saturated carbocycles. The fraction of sp³-hybridized carbons (Fsp3) is 0.579. The first-order valence-electron chi connectivity index (χ1n) is 8.45. The van der Waals surface area contributed by atoms with Crippen LogP contribution in [-0.4, -0.2) is 16.6 Å². The van der Waals surface area contributed by atoms with Gasteiger partial charge in [0.1, 0.15) is 11.9 Å². The molecule has 23 heavy (non-hydrogen) atoms. The summed E-state index contributed by atoms with van der Waals surface area (Å²) in [5, 5.41) is 0.165. The van der Waals surface area contributed by atoms with Gasteiger partial charge in [-0.15, -0.1) is 0 Å². The highest BCUT2D eigenvalue weighted by Gasteiger charge is 2.41. The molecule has 0 aliphatic heterocycles. The van der Waals surface area contributed by atoms with Crippen LogP contribution in [0, 0.1) is 0 Å². The summed E-state index contributed by atoms with van der Waals surface area (Å²) in [7, 11) is -3.60. The molecule has 1 aromatic carbocycles. The van der Waals surface area contributed by atoms with E-state index in [4.69, 9.17) is 8.85 Å². The van der Waals surface area contributed by atoms with Gasteiger partial charge in [0.2, 0.25) is 8.32 Å². The first-order chi connectivity index (χ1) is 10.4. The van der Waals surface area contributed by atoms with Crippen molar-refractivity contribution in [2.45, 2.75) is 71.6 Å². The van der Waals surface area contributed by atoms with Crippen LogP contribution in [-0.2, 0) is 8.85 Å². The number of hydrogen-bond acceptors (Lipinski definition) is 2. The van der Waals surface area contributed by atoms with Crippen molar-refractivity contribution >= 4 is 16.6 Å². The summed E-state index contributed by atoms with van der Waals surface area (Å²) in [5.74, 6) is 0.959. The lowest BCUT2D eigenvalue weighted by molar-refractivity contribution is 0.166. The van der Waals surface area contributed by atoms with Crippen molar-refractivity contribution in [3.63, 3.8) is 0 Å². The molecule has 0 amide bonds. The summed E-state index contributed by atoms with van der Waals surface area (Å²) >= 11 is 0. The summed E-state index contributed by atoms with van der Waals surface area (Å²) in [4.78, 5) is 0. The molecule has 0 saturated heterocycles. The van der Waals surface area contributed by atoms with Gasteiger partial charge in [-0.2, -0.15) is 0 Å². The Hall–Kier alpha value is -0.846. The van der Waals surface area contributed by atoms with E-state index < -0.39 is 16.6 Å². The summed E-state index contributed by atoms with van der Waals surface area (Å²) in [6.07, 6.45) is 1.96. The van der Waals surface area contributed by atoms with Gasteiger partial charge in [0.25, 0.3) is 0 Å². The Bertz CT molecular complexity index is 523. The normalized spacial score (nSPS) is 15.4. The van der Waals surface area contributed by atoms with Crippen molar-refractivity contribution in [1.29, 1.82) is 0 Å². The predicted molar refractivity (Wildman–Crippen MR) is 106 cm³/mol. The highest BCUT2D eigenvalue weighted by atomic mass is 28.4. The van der Waals surface area contributed by atoms with Crippen LogP contribution < -0.4 is 0 Å². The molecule has 0 aliphatic carbocycles. The SMILES string of the molecule is CC=C(O[Si](C)(C)C)[C@H](O[Si](C)(C)C(C)(C)C)c1ccccc1. The maximum Gasteiger partial charge on any atom is 0.241 e. The van der Waals surface area contributed by atoms with Crippen LogP contribution in [0.5, 0.6) is 0 Å². The lowest BCUT2D eigenvalue weighted by Gasteiger charge is -2.40. The molecule has 130 valence electrons. The van der Waals surface area contributed by atoms with Gasteiger partial charge in [0.05, 0.1) is 0 Å². The Labute approximate surface area is 145 Å². The van der Waals surface area contributed by atoms with E-state index >= 15 is 0 Å². The molecule has 0 heterocycles. The Morgan fingerprint density at radius 2 is 1.52 bits per heavy atom. The van der Waals surface area contributed by atoms with Crippen LogP contribution in [0.25, 0.3) is 0 Å². The third kappa shape index (κ3) is 5.94. The molecule has 0 N–H and O–H groups in total. The zero-order chi connectivity index (χ0) is 17.9. The largest absolute Gasteiger partial charge is 0.545 e. The number of hydrogen-bond donors (Lipinski definition) is 0. The third-order valence-corrected chi connectivity index (χ3v) is 9.57. The Morgan fingerprint density at radius 1 is 1.00 bits per heavy atom. The Morgan fingerprint density at radius 3 is 1.91 bits per heavy atom. The second-order valence-electron chi connectivity index (χ2n) is 8.57. The van der Waals surface area contributed by atoms with Gasteiger partial charge < -0.3 is 8.85 Å². The van der Waals surface area contributed by atoms with Crippen LogP contribution in [0.2, 0.25) is 37.8 Å². The van der Waals surface area contributed by atoms with Gasteiger partial charge in [0, 0.05) is 0 Å². The second-order valence-corrected chi connectivity index (χ2v) is 17.8. The molecule has 4 heteroatoms. The lowest BCUT2D eigenvalue weighted by Crippen LogP contribution is -2.42. The zero-order valence-electron chi connectivity index (χ0n) is 16.4. The molecule has 0 radical (unpaired) electrons. The van der Waals surface area contributed by atoms with Gasteiger partial charge in [-0.1, -0.05) is 51.1 Å². The summed E-state index contributed by atoms with van der Waals surface area (Å²) in [6, 6.07) is 10.4. The molecule has 1 rings (SSSR count). The average molecular weight is 351 g/mol. The average Bonchev–Trinajstić information content (AvgIpc) is 2.41. The molecular weight excluding hydrogens is 316 g/mol. The van der Waals surface area contributed by atoms with Crippen molar-refractivity contribution in [2.24, 2.45) is 0 Å². The molecule has 0 aliphatic rings. The number of allylic oxidation sites excluding steroid dienone is 1. The fourth-order valence-corrected chi connectivity index (χ4v) is 4.13. The molecule has 0 bridgehead atoms. The van der Waals surface area contributed by atoms with E-state index in [-0.39, 0.29) is 11.1 Å². The summed E-state index contributed by atoms with van der Waals surface area (Å²) in [6.45, 7) is 20.1. The van der Waals surface area contributed by atoms with Crippen molar-refractivity contribution in [3.8, 4) is 0 Å². The quantitative estimate of drug-likeness (QED) is 0.430. The van der Waals surface area contributed by atoms with E-state index in [1.807, 2.05) is 13.0 Å². The van der Waals surface area contributed by atoms with Gasteiger partial charge in [-0.3, -0.25) is 0 Å². The van der Waals surface area contributed by atoms with Crippen LogP contribution in [0.4, 0.5) is 0 Å². The first-order valence-corrected chi connectivity index (χ1v) is 14.8. The minimum Gasteiger partial charge on any atom is -0.545 e. The molecule has 1 atom stereocenters. The maximum atomic E-state index is 6.76. The van der Waals surface area contributed by atoms with Crippen LogP contribution >= 0.6 is 0 Å². The standard InChI is InChI=1S/C19H34O2Si2/c1-10-17(20-22(5,6)7)18(16-14-12-11-13-15-16)21-23(8,9)19(2,3)4/h10-15,18H,1-9H3/t18-/m1/s1. The smallest absolute Gasteiger partial charge is 0.241 e. The van der Waals surface area contributed by atoms with Crippen LogP contribution in [0.1, 0.15) is 39.4 Å². The van der Waals surface area contributed by atoms with E-state index in [1.165, 1.54) is 5.56 Å². The van der Waals surface area contributed by atoms with Crippen molar-refractivity contribution in [2.75, 3.05) is 0 Å². The molecule has 2 nitrogen and oxygen atoms in total. The van der Waals surface area contributed by atoms with Crippen molar-refractivity contribution in [1.82, 2.24) is 0 Å². The Balaban J connectivity index is 3.23. The van der Waals surface area contributed by atoms with E-state index in [0.29, 0.717) is 0 Å². The zero-order valence-corrected chi connectivity index (χ0v) is 18.4. The van der Waals surface area contributed by atoms with E-state index in [0.717, 1.165) is 5.76 Å². The van der Waals surface area contributed by atoms with Crippen molar-refractivity contribution in [3.05, 3.63) is 47.7 Å². The van der Waals surface area contributed by atoms with Gasteiger partial charge in [0.15, 0.2) is 8.32 Å². The minimum absolute atomic E-state index is 0.117. The van der Waals surface area contributed by atoms with E-state index in [1.54, 1.807) is 0 Å². The molecule has 0 unspecified atom stereocenters. The van der Waals surface area contributed by atoms with Crippen LogP contribution in [0.3, 0.4) is 0 Å². The molecule has 1 aromatic rings. The summed E-state index contributed by atoms with van der Waals surface area (Å²) in [5.41, 5.74) is 1.17. The highest BCUT2D eigenvalue weighted by Crippen LogP contribution is 2.42. The monoisotopic (exact) mass is 350 g/mol. The van der Waals surface area contributed by atoms with E-state index in [9.17, 15) is 0 Å². The summed E-state index contributed by atoms with van der Waals surface area (Å²) < 4.78 is 13.1. The molecule has 0 aromatic heterocycles. The number of benzene rings is 1. The van der Waals surface area contributed by atoms with Gasteiger partial charge in [-0.05, 0) is 56.3 Å². The lowest BCUT2D eigenvalue weighted by atomic mass is 10.1. The topological polar surface area (TPSA) is 18.5 Å². The minimum atomic E-state index is -1.91. The first kappa shape index (κ1) is 20.2. The Kier molecular flexibility index (Phi) is 6.47. The van der Waals surface area contributed by atoms with Gasteiger partial charge in [-0.25, -0.2) is 0 Å². The maximum absolute atomic E-state index is 6.76. The van der Waals surface area contributed by atoms with Crippen molar-refractivity contribution < 1.29 is 8.85 Å². The number of rotatable bonds is 6. The van der Waals surface area contributed by atoms with Gasteiger partial charge >= 0.3 is 0 Å². The van der Waals surface area contributed by atoms with E-state index in [2.05, 4.69) is 83.8 Å². The third-order valence-electron chi connectivity index (χ3n) is 4.29. The molecule has 0 spiro atoms. The van der Waals surface area contributed by atoms with Crippen LogP contribution in [0.15, 0.2) is 42.2 Å².